The molecule has 1 amide bonds. The lowest BCUT2D eigenvalue weighted by Crippen LogP contribution is -2.31. The van der Waals surface area contributed by atoms with Crippen molar-refractivity contribution in [3.8, 4) is 0 Å². The topological polar surface area (TPSA) is 41.1 Å². The number of anilines is 1. The quantitative estimate of drug-likeness (QED) is 0.839. The number of thioether (sulfide) groups is 1. The minimum Gasteiger partial charge on any atom is -0.385 e. The number of carbonyl (C=O) groups is 1. The van der Waals surface area contributed by atoms with Gasteiger partial charge >= 0.3 is 0 Å². The van der Waals surface area contributed by atoms with E-state index in [0.717, 1.165) is 36.3 Å². The molecule has 1 aliphatic rings. The highest BCUT2D eigenvalue weighted by molar-refractivity contribution is 7.99. The van der Waals surface area contributed by atoms with E-state index in [9.17, 15) is 4.79 Å². The molecule has 1 aromatic carbocycles. The van der Waals surface area contributed by atoms with Gasteiger partial charge in [0.15, 0.2) is 0 Å². The number of nitrogens with one attached hydrogen (secondary N) is 2. The van der Waals surface area contributed by atoms with Crippen LogP contribution in [0.1, 0.15) is 48.5 Å². The van der Waals surface area contributed by atoms with Crippen molar-refractivity contribution in [1.82, 2.24) is 5.32 Å². The number of rotatable bonds is 6. The van der Waals surface area contributed by atoms with E-state index in [1.807, 2.05) is 36.9 Å². The second-order valence-electron chi connectivity index (χ2n) is 5.66. The van der Waals surface area contributed by atoms with E-state index in [1.54, 1.807) is 0 Å². The number of hydrogen-bond donors (Lipinski definition) is 2. The third-order valence-electron chi connectivity index (χ3n) is 3.82. The summed E-state index contributed by atoms with van der Waals surface area (Å²) in [6, 6.07) is 5.89. The van der Waals surface area contributed by atoms with E-state index in [1.165, 1.54) is 25.0 Å². The third-order valence-corrected chi connectivity index (χ3v) is 5.22. The van der Waals surface area contributed by atoms with Gasteiger partial charge in [-0.1, -0.05) is 13.3 Å². The molecule has 0 bridgehead atoms. The van der Waals surface area contributed by atoms with Crippen LogP contribution in [0.4, 0.5) is 5.69 Å². The highest BCUT2D eigenvalue weighted by Gasteiger charge is 2.15. The first-order valence-electron chi connectivity index (χ1n) is 7.95. The van der Waals surface area contributed by atoms with Crippen LogP contribution in [-0.4, -0.2) is 30.0 Å². The second kappa shape index (κ2) is 8.32. The Morgan fingerprint density at radius 1 is 1.38 bits per heavy atom. The zero-order chi connectivity index (χ0) is 15.1. The predicted octanol–water partition coefficient (Wildman–Crippen LogP) is 3.83. The largest absolute Gasteiger partial charge is 0.385 e. The Kier molecular flexibility index (Phi) is 6.43. The van der Waals surface area contributed by atoms with Crippen molar-refractivity contribution in [1.29, 1.82) is 0 Å². The maximum Gasteiger partial charge on any atom is 0.251 e. The van der Waals surface area contributed by atoms with Crippen molar-refractivity contribution in [3.05, 3.63) is 29.3 Å². The molecule has 1 heterocycles. The molecule has 0 aromatic heterocycles. The zero-order valence-corrected chi connectivity index (χ0v) is 13.9. The average molecular weight is 306 g/mol. The monoisotopic (exact) mass is 306 g/mol. The van der Waals surface area contributed by atoms with Crippen LogP contribution in [0.5, 0.6) is 0 Å². The molecule has 0 radical (unpaired) electrons. The van der Waals surface area contributed by atoms with Crippen LogP contribution in [0.25, 0.3) is 0 Å². The molecule has 1 atom stereocenters. The van der Waals surface area contributed by atoms with Gasteiger partial charge in [0.05, 0.1) is 0 Å². The summed E-state index contributed by atoms with van der Waals surface area (Å²) in [6.07, 6.45) is 4.94. The van der Waals surface area contributed by atoms with Crippen LogP contribution in [0, 0.1) is 6.92 Å². The van der Waals surface area contributed by atoms with Gasteiger partial charge in [-0.15, -0.1) is 0 Å². The Hall–Kier alpha value is -1.16. The van der Waals surface area contributed by atoms with Crippen LogP contribution < -0.4 is 10.6 Å². The average Bonchev–Trinajstić information content (AvgIpc) is 2.52. The lowest BCUT2D eigenvalue weighted by Gasteiger charge is -2.21. The summed E-state index contributed by atoms with van der Waals surface area (Å²) < 4.78 is 0. The summed E-state index contributed by atoms with van der Waals surface area (Å²) in [4.78, 5) is 12.2. The van der Waals surface area contributed by atoms with Crippen LogP contribution >= 0.6 is 11.8 Å². The summed E-state index contributed by atoms with van der Waals surface area (Å²) >= 11 is 1.99. The molecule has 3 nitrogen and oxygen atoms in total. The summed E-state index contributed by atoms with van der Waals surface area (Å²) in [5.74, 6) is 1.28. The number of carbonyl (C=O) groups excluding carboxylic acids is 1. The first-order chi connectivity index (χ1) is 10.2. The van der Waals surface area contributed by atoms with E-state index in [4.69, 9.17) is 0 Å². The molecule has 2 rings (SSSR count). The normalized spacial score (nSPS) is 18.3. The molecule has 0 aliphatic carbocycles. The van der Waals surface area contributed by atoms with E-state index in [-0.39, 0.29) is 5.91 Å². The predicted molar refractivity (Wildman–Crippen MR) is 92.4 cm³/mol. The molecule has 116 valence electrons. The Morgan fingerprint density at radius 3 is 2.90 bits per heavy atom. The van der Waals surface area contributed by atoms with Gasteiger partial charge in [-0.3, -0.25) is 4.79 Å². The fourth-order valence-electron chi connectivity index (χ4n) is 2.54. The number of amides is 1. The molecular formula is C17H26N2OS. The third kappa shape index (κ3) is 4.95. The van der Waals surface area contributed by atoms with Gasteiger partial charge in [0.1, 0.15) is 0 Å². The van der Waals surface area contributed by atoms with Gasteiger partial charge in [-0.05, 0) is 55.7 Å². The molecule has 1 saturated heterocycles. The molecule has 0 saturated carbocycles. The van der Waals surface area contributed by atoms with E-state index in [2.05, 4.69) is 17.6 Å². The molecule has 0 spiro atoms. The number of hydrogen-bond acceptors (Lipinski definition) is 3. The number of benzene rings is 1. The summed E-state index contributed by atoms with van der Waals surface area (Å²) in [6.45, 7) is 5.95. The first-order valence-corrected chi connectivity index (χ1v) is 9.00. The van der Waals surface area contributed by atoms with Gasteiger partial charge in [0.25, 0.3) is 5.91 Å². The van der Waals surface area contributed by atoms with E-state index >= 15 is 0 Å². The van der Waals surface area contributed by atoms with Gasteiger partial charge in [-0.2, -0.15) is 11.8 Å². The Bertz CT molecular complexity index is 470. The van der Waals surface area contributed by atoms with Crippen molar-refractivity contribution in [2.75, 3.05) is 24.2 Å². The highest BCUT2D eigenvalue weighted by atomic mass is 32.2. The van der Waals surface area contributed by atoms with Gasteiger partial charge in [0.2, 0.25) is 0 Å². The minimum atomic E-state index is 0.0475. The Morgan fingerprint density at radius 2 is 2.24 bits per heavy atom. The van der Waals surface area contributed by atoms with Crippen LogP contribution in [0.3, 0.4) is 0 Å². The van der Waals surface area contributed by atoms with E-state index in [0.29, 0.717) is 5.25 Å². The lowest BCUT2D eigenvalue weighted by atomic mass is 10.1. The van der Waals surface area contributed by atoms with Crippen molar-refractivity contribution >= 4 is 23.4 Å². The Labute approximate surface area is 132 Å². The first kappa shape index (κ1) is 16.2. The van der Waals surface area contributed by atoms with Crippen molar-refractivity contribution < 1.29 is 4.79 Å². The van der Waals surface area contributed by atoms with Gasteiger partial charge in [-0.25, -0.2) is 0 Å². The fourth-order valence-corrected chi connectivity index (χ4v) is 3.78. The molecule has 2 N–H and O–H groups in total. The summed E-state index contributed by atoms with van der Waals surface area (Å²) in [5, 5.41) is 7.05. The molecule has 4 heteroatoms. The summed E-state index contributed by atoms with van der Waals surface area (Å²) in [5.41, 5.74) is 3.01. The lowest BCUT2D eigenvalue weighted by molar-refractivity contribution is 0.0953. The van der Waals surface area contributed by atoms with Crippen LogP contribution in [-0.2, 0) is 0 Å². The SMILES string of the molecule is CCCNc1ccc(C(=O)NCC2CCCCS2)cc1C. The minimum absolute atomic E-state index is 0.0475. The Balaban J connectivity index is 1.88. The fraction of sp³-hybridized carbons (Fsp3) is 0.588. The molecule has 1 aromatic rings. The smallest absolute Gasteiger partial charge is 0.251 e. The number of aryl methyl sites for hydroxylation is 1. The molecular weight excluding hydrogens is 280 g/mol. The molecule has 21 heavy (non-hydrogen) atoms. The molecule has 1 fully saturated rings. The molecule has 1 aliphatic heterocycles. The van der Waals surface area contributed by atoms with Crippen molar-refractivity contribution in [2.24, 2.45) is 0 Å². The maximum atomic E-state index is 12.2. The second-order valence-corrected chi connectivity index (χ2v) is 7.06. The van der Waals surface area contributed by atoms with Crippen LogP contribution in [0.15, 0.2) is 18.2 Å². The van der Waals surface area contributed by atoms with Crippen molar-refractivity contribution in [3.63, 3.8) is 0 Å². The summed E-state index contributed by atoms with van der Waals surface area (Å²) in [7, 11) is 0. The zero-order valence-electron chi connectivity index (χ0n) is 13.1. The van der Waals surface area contributed by atoms with E-state index < -0.39 is 0 Å². The van der Waals surface area contributed by atoms with Crippen LogP contribution in [0.2, 0.25) is 0 Å². The van der Waals surface area contributed by atoms with Crippen molar-refractivity contribution in [2.45, 2.75) is 44.8 Å². The van der Waals surface area contributed by atoms with Gasteiger partial charge in [0, 0.05) is 29.6 Å². The highest BCUT2D eigenvalue weighted by Crippen LogP contribution is 2.24. The van der Waals surface area contributed by atoms with Gasteiger partial charge < -0.3 is 10.6 Å². The standard InChI is InChI=1S/C17H26N2OS/c1-3-9-18-16-8-7-14(11-13(16)2)17(20)19-12-15-6-4-5-10-21-15/h7-8,11,15,18H,3-6,9-10,12H2,1-2H3,(H,19,20). The molecule has 1 unspecified atom stereocenters. The maximum absolute atomic E-state index is 12.2.